The van der Waals surface area contributed by atoms with Gasteiger partial charge < -0.3 is 14.2 Å². The van der Waals surface area contributed by atoms with Crippen LogP contribution in [0.1, 0.15) is 25.0 Å². The Bertz CT molecular complexity index is 1050. The number of anilines is 1. The van der Waals surface area contributed by atoms with Gasteiger partial charge in [0.05, 0.1) is 17.8 Å². The quantitative estimate of drug-likeness (QED) is 0.582. The molecule has 0 unspecified atom stereocenters. The summed E-state index contributed by atoms with van der Waals surface area (Å²) in [6.07, 6.45) is 1.69. The molecule has 0 aliphatic carbocycles. The number of benzene rings is 2. The van der Waals surface area contributed by atoms with Crippen molar-refractivity contribution in [3.05, 3.63) is 70.4 Å². The maximum absolute atomic E-state index is 13.3. The Morgan fingerprint density at radius 2 is 1.83 bits per heavy atom. The van der Waals surface area contributed by atoms with Crippen LogP contribution in [0.15, 0.2) is 59.3 Å². The van der Waals surface area contributed by atoms with Gasteiger partial charge in [-0.3, -0.25) is 9.69 Å². The highest BCUT2D eigenvalue weighted by atomic mass is 16.7. The van der Waals surface area contributed by atoms with Crippen LogP contribution < -0.4 is 14.4 Å². The number of hydrogen-bond acceptors (Lipinski definition) is 5. The normalized spacial score (nSPS) is 16.7. The Balaban J connectivity index is 1.80. The molecule has 0 fully saturated rings. The van der Waals surface area contributed by atoms with Crippen LogP contribution in [-0.2, 0) is 14.3 Å². The fraction of sp³-hybridized carbons (Fsp3) is 0.217. The van der Waals surface area contributed by atoms with Gasteiger partial charge in [0.15, 0.2) is 11.5 Å². The van der Waals surface area contributed by atoms with Crippen molar-refractivity contribution < 1.29 is 23.8 Å². The lowest BCUT2D eigenvalue weighted by Gasteiger charge is -2.18. The zero-order valence-corrected chi connectivity index (χ0v) is 16.5. The molecule has 148 valence electrons. The van der Waals surface area contributed by atoms with E-state index >= 15 is 0 Å². The summed E-state index contributed by atoms with van der Waals surface area (Å²) in [6, 6.07) is 13.0. The average molecular weight is 391 g/mol. The van der Waals surface area contributed by atoms with Gasteiger partial charge in [0.25, 0.3) is 5.91 Å². The van der Waals surface area contributed by atoms with E-state index < -0.39 is 5.97 Å². The standard InChI is InChI=1S/C23H21NO5/c1-4-27-23(26)21-15(3)24(17-8-5-14(2)6-9-17)22(25)18(21)11-16-7-10-19-20(12-16)29-13-28-19/h5-12H,4,13H2,1-3H3/b18-11-. The number of amides is 1. The maximum atomic E-state index is 13.3. The predicted molar refractivity (Wildman–Crippen MR) is 109 cm³/mol. The third kappa shape index (κ3) is 3.38. The van der Waals surface area contributed by atoms with Crippen LogP contribution in [0.2, 0.25) is 0 Å². The molecule has 2 heterocycles. The van der Waals surface area contributed by atoms with E-state index in [0.717, 1.165) is 11.1 Å². The van der Waals surface area contributed by atoms with Crippen LogP contribution in [0.4, 0.5) is 5.69 Å². The molecule has 0 bridgehead atoms. The van der Waals surface area contributed by atoms with Crippen LogP contribution >= 0.6 is 0 Å². The van der Waals surface area contributed by atoms with Crippen molar-refractivity contribution >= 4 is 23.6 Å². The monoisotopic (exact) mass is 391 g/mol. The van der Waals surface area contributed by atoms with Crippen LogP contribution in [-0.4, -0.2) is 25.3 Å². The van der Waals surface area contributed by atoms with Crippen LogP contribution in [0.25, 0.3) is 6.08 Å². The third-order valence-corrected chi connectivity index (χ3v) is 4.88. The van der Waals surface area contributed by atoms with E-state index in [1.54, 1.807) is 37.0 Å². The zero-order valence-electron chi connectivity index (χ0n) is 16.5. The molecule has 6 heteroatoms. The van der Waals surface area contributed by atoms with Crippen molar-refractivity contribution in [2.24, 2.45) is 0 Å². The second kappa shape index (κ2) is 7.47. The van der Waals surface area contributed by atoms with Gasteiger partial charge in [-0.1, -0.05) is 23.8 Å². The molecule has 0 atom stereocenters. The van der Waals surface area contributed by atoms with Gasteiger partial charge in [-0.05, 0) is 56.7 Å². The highest BCUT2D eigenvalue weighted by Crippen LogP contribution is 2.37. The highest BCUT2D eigenvalue weighted by Gasteiger charge is 2.38. The number of carbonyl (C=O) groups excluding carboxylic acids is 2. The summed E-state index contributed by atoms with van der Waals surface area (Å²) in [5.41, 5.74) is 3.63. The lowest BCUT2D eigenvalue weighted by molar-refractivity contribution is -0.138. The van der Waals surface area contributed by atoms with Gasteiger partial charge in [-0.25, -0.2) is 4.79 Å². The smallest absolute Gasteiger partial charge is 0.340 e. The minimum absolute atomic E-state index is 0.169. The van der Waals surface area contributed by atoms with E-state index in [4.69, 9.17) is 14.2 Å². The van der Waals surface area contributed by atoms with Crippen molar-refractivity contribution in [1.82, 2.24) is 0 Å². The summed E-state index contributed by atoms with van der Waals surface area (Å²) >= 11 is 0. The Morgan fingerprint density at radius 3 is 2.55 bits per heavy atom. The molecule has 2 aliphatic heterocycles. The van der Waals surface area contributed by atoms with E-state index in [1.807, 2.05) is 37.3 Å². The van der Waals surface area contributed by atoms with Crippen molar-refractivity contribution in [3.63, 3.8) is 0 Å². The van der Waals surface area contributed by atoms with Crippen LogP contribution in [0.3, 0.4) is 0 Å². The number of rotatable bonds is 4. The Labute approximate surface area is 169 Å². The molecule has 2 aliphatic rings. The summed E-state index contributed by atoms with van der Waals surface area (Å²) in [6.45, 7) is 5.87. The lowest BCUT2D eigenvalue weighted by atomic mass is 10.0. The molecular weight excluding hydrogens is 370 g/mol. The first-order valence-corrected chi connectivity index (χ1v) is 9.40. The van der Waals surface area contributed by atoms with Crippen LogP contribution in [0, 0.1) is 6.92 Å². The number of carbonyl (C=O) groups is 2. The van der Waals surface area contributed by atoms with Gasteiger partial charge in [-0.15, -0.1) is 0 Å². The fourth-order valence-electron chi connectivity index (χ4n) is 3.46. The van der Waals surface area contributed by atoms with Gasteiger partial charge >= 0.3 is 5.97 Å². The molecule has 1 amide bonds. The number of hydrogen-bond donors (Lipinski definition) is 0. The van der Waals surface area contributed by atoms with Gasteiger partial charge in [0, 0.05) is 11.4 Å². The van der Waals surface area contributed by atoms with Crippen molar-refractivity contribution in [1.29, 1.82) is 0 Å². The zero-order chi connectivity index (χ0) is 20.5. The molecule has 2 aromatic carbocycles. The number of fused-ring (bicyclic) bond motifs is 1. The third-order valence-electron chi connectivity index (χ3n) is 4.88. The number of nitrogens with zero attached hydrogens (tertiary/aromatic N) is 1. The largest absolute Gasteiger partial charge is 0.462 e. The Hall–Kier alpha value is -3.54. The van der Waals surface area contributed by atoms with E-state index in [0.29, 0.717) is 28.5 Å². The molecule has 0 radical (unpaired) electrons. The number of aryl methyl sites for hydroxylation is 1. The Kier molecular flexibility index (Phi) is 4.84. The molecule has 6 nitrogen and oxygen atoms in total. The lowest BCUT2D eigenvalue weighted by Crippen LogP contribution is -2.24. The summed E-state index contributed by atoms with van der Waals surface area (Å²) in [7, 11) is 0. The molecule has 4 rings (SSSR count). The minimum Gasteiger partial charge on any atom is -0.462 e. The topological polar surface area (TPSA) is 65.1 Å². The highest BCUT2D eigenvalue weighted by molar-refractivity contribution is 6.23. The second-order valence-electron chi connectivity index (χ2n) is 6.83. The maximum Gasteiger partial charge on any atom is 0.340 e. The molecule has 0 N–H and O–H groups in total. The minimum atomic E-state index is -0.514. The second-order valence-corrected chi connectivity index (χ2v) is 6.83. The number of ether oxygens (including phenoxy) is 3. The number of esters is 1. The van der Waals surface area contributed by atoms with Crippen molar-refractivity contribution in [3.8, 4) is 11.5 Å². The summed E-state index contributed by atoms with van der Waals surface area (Å²) < 4.78 is 16.0. The molecule has 0 aromatic heterocycles. The average Bonchev–Trinajstić information content (AvgIpc) is 3.25. The van der Waals surface area contributed by atoms with Gasteiger partial charge in [-0.2, -0.15) is 0 Å². The first kappa shape index (κ1) is 18.8. The summed E-state index contributed by atoms with van der Waals surface area (Å²) in [5.74, 6) is 0.481. The van der Waals surface area contributed by atoms with E-state index in [9.17, 15) is 9.59 Å². The molecule has 29 heavy (non-hydrogen) atoms. The van der Waals surface area contributed by atoms with Crippen molar-refractivity contribution in [2.75, 3.05) is 18.3 Å². The van der Waals surface area contributed by atoms with E-state index in [-0.39, 0.29) is 24.9 Å². The van der Waals surface area contributed by atoms with Crippen LogP contribution in [0.5, 0.6) is 11.5 Å². The molecule has 0 saturated heterocycles. The molecule has 0 saturated carbocycles. The SMILES string of the molecule is CCOC(=O)C1=C(C)N(c2ccc(C)cc2)C(=O)/C1=C\c1ccc2c(c1)OCO2. The first-order chi connectivity index (χ1) is 14.0. The number of allylic oxidation sites excluding steroid dienone is 1. The van der Waals surface area contributed by atoms with Crippen molar-refractivity contribution in [2.45, 2.75) is 20.8 Å². The van der Waals surface area contributed by atoms with E-state index in [1.165, 1.54) is 0 Å². The predicted octanol–water partition coefficient (Wildman–Crippen LogP) is 3.99. The van der Waals surface area contributed by atoms with Gasteiger partial charge in [0.2, 0.25) is 6.79 Å². The first-order valence-electron chi connectivity index (χ1n) is 9.40. The van der Waals surface area contributed by atoms with Gasteiger partial charge in [0.1, 0.15) is 0 Å². The van der Waals surface area contributed by atoms with E-state index in [2.05, 4.69) is 0 Å². The summed E-state index contributed by atoms with van der Waals surface area (Å²) in [5, 5.41) is 0. The summed E-state index contributed by atoms with van der Waals surface area (Å²) in [4.78, 5) is 27.5. The molecular formula is C23H21NO5. The fourth-order valence-corrected chi connectivity index (χ4v) is 3.46. The Morgan fingerprint density at radius 1 is 1.10 bits per heavy atom. The molecule has 0 spiro atoms. The molecule has 2 aromatic rings.